The molecule has 0 unspecified atom stereocenters. The van der Waals surface area contributed by atoms with Crippen LogP contribution in [0.2, 0.25) is 0 Å². The molecule has 0 saturated carbocycles. The van der Waals surface area contributed by atoms with E-state index >= 15 is 0 Å². The summed E-state index contributed by atoms with van der Waals surface area (Å²) in [6.07, 6.45) is 0. The summed E-state index contributed by atoms with van der Waals surface area (Å²) in [5.41, 5.74) is 0.0897. The minimum atomic E-state index is 0.0897. The molecule has 0 aliphatic carbocycles. The topological polar surface area (TPSA) is 17.1 Å². The van der Waals surface area contributed by atoms with Crippen LogP contribution in [-0.2, 0) is 0 Å². The van der Waals surface area contributed by atoms with E-state index in [1.807, 2.05) is 13.0 Å². The molecule has 2 aromatic heterocycles. The van der Waals surface area contributed by atoms with Crippen molar-refractivity contribution in [1.29, 1.82) is 0 Å². The van der Waals surface area contributed by atoms with Crippen molar-refractivity contribution in [3.8, 4) is 0 Å². The Hall–Kier alpha value is -0.320. The van der Waals surface area contributed by atoms with Crippen LogP contribution in [-0.4, -0.2) is 0 Å². The first-order chi connectivity index (χ1) is 5.66. The van der Waals surface area contributed by atoms with Gasteiger partial charge in [0.05, 0.1) is 13.6 Å². The van der Waals surface area contributed by atoms with E-state index in [-0.39, 0.29) is 5.43 Å². The summed E-state index contributed by atoms with van der Waals surface area (Å²) in [4.78, 5) is 12.6. The lowest BCUT2D eigenvalue weighted by Gasteiger charge is -1.87. The standard InChI is InChI=1S/C8H6OS3/c1-4-2-6-8(11-4)5(9)3-7(10)12-6/h2-3,10H,1H3. The maximum atomic E-state index is 11.4. The second kappa shape index (κ2) is 2.87. The number of rotatable bonds is 0. The molecule has 2 aromatic rings. The zero-order valence-corrected chi connectivity index (χ0v) is 8.85. The monoisotopic (exact) mass is 214 g/mol. The van der Waals surface area contributed by atoms with E-state index in [1.54, 1.807) is 28.7 Å². The Morgan fingerprint density at radius 3 is 2.83 bits per heavy atom. The van der Waals surface area contributed by atoms with Crippen LogP contribution in [0.3, 0.4) is 0 Å². The van der Waals surface area contributed by atoms with Crippen molar-refractivity contribution in [3.63, 3.8) is 0 Å². The normalized spacial score (nSPS) is 10.8. The first-order valence-electron chi connectivity index (χ1n) is 3.40. The molecular formula is C8H6OS3. The van der Waals surface area contributed by atoms with Gasteiger partial charge in [-0.1, -0.05) is 0 Å². The molecule has 1 nitrogen and oxygen atoms in total. The van der Waals surface area contributed by atoms with Crippen LogP contribution >= 0.6 is 35.3 Å². The van der Waals surface area contributed by atoms with Gasteiger partial charge < -0.3 is 0 Å². The summed E-state index contributed by atoms with van der Waals surface area (Å²) in [6, 6.07) is 3.61. The maximum absolute atomic E-state index is 11.4. The third kappa shape index (κ3) is 1.30. The molecule has 0 atom stereocenters. The fourth-order valence-corrected chi connectivity index (χ4v) is 3.43. The van der Waals surface area contributed by atoms with Gasteiger partial charge in [0.2, 0.25) is 0 Å². The Bertz CT molecular complexity index is 480. The lowest BCUT2D eigenvalue weighted by molar-refractivity contribution is 1.63. The van der Waals surface area contributed by atoms with Gasteiger partial charge in [0.25, 0.3) is 0 Å². The van der Waals surface area contributed by atoms with Gasteiger partial charge in [0, 0.05) is 10.9 Å². The molecule has 0 bridgehead atoms. The van der Waals surface area contributed by atoms with Crippen LogP contribution in [0.5, 0.6) is 0 Å². The van der Waals surface area contributed by atoms with Crippen molar-refractivity contribution < 1.29 is 0 Å². The van der Waals surface area contributed by atoms with Crippen molar-refractivity contribution in [1.82, 2.24) is 0 Å². The Balaban J connectivity index is 2.98. The summed E-state index contributed by atoms with van der Waals surface area (Å²) in [6.45, 7) is 2.01. The Morgan fingerprint density at radius 1 is 1.33 bits per heavy atom. The highest BCUT2D eigenvalue weighted by molar-refractivity contribution is 7.83. The minimum absolute atomic E-state index is 0.0897. The van der Waals surface area contributed by atoms with E-state index in [9.17, 15) is 4.79 Å². The molecule has 0 amide bonds. The van der Waals surface area contributed by atoms with Crippen LogP contribution in [0.25, 0.3) is 9.40 Å². The number of thiol groups is 1. The van der Waals surface area contributed by atoms with Crippen LogP contribution in [0, 0.1) is 6.92 Å². The number of hydrogen-bond acceptors (Lipinski definition) is 4. The van der Waals surface area contributed by atoms with E-state index in [1.165, 1.54) is 4.88 Å². The molecule has 0 aliphatic rings. The van der Waals surface area contributed by atoms with Gasteiger partial charge >= 0.3 is 0 Å². The fourth-order valence-electron chi connectivity index (χ4n) is 1.06. The largest absolute Gasteiger partial charge is 0.288 e. The van der Waals surface area contributed by atoms with Crippen molar-refractivity contribution in [2.24, 2.45) is 0 Å². The van der Waals surface area contributed by atoms with Crippen LogP contribution in [0.15, 0.2) is 21.1 Å². The molecule has 62 valence electrons. The third-order valence-corrected chi connectivity index (χ3v) is 3.98. The first kappa shape index (κ1) is 8.29. The molecule has 0 saturated heterocycles. The first-order valence-corrected chi connectivity index (χ1v) is 5.48. The van der Waals surface area contributed by atoms with Crippen molar-refractivity contribution >= 4 is 44.7 Å². The molecule has 0 radical (unpaired) electrons. The van der Waals surface area contributed by atoms with Crippen molar-refractivity contribution in [3.05, 3.63) is 27.2 Å². The quantitative estimate of drug-likeness (QED) is 0.667. The summed E-state index contributed by atoms with van der Waals surface area (Å²) < 4.78 is 2.69. The number of thiophene rings is 1. The van der Waals surface area contributed by atoms with Gasteiger partial charge in [-0.3, -0.25) is 4.79 Å². The Labute approximate surface area is 83.1 Å². The van der Waals surface area contributed by atoms with Crippen LogP contribution in [0.4, 0.5) is 0 Å². The van der Waals surface area contributed by atoms with Gasteiger partial charge in [-0.05, 0) is 13.0 Å². The second-order valence-electron chi connectivity index (χ2n) is 2.50. The molecule has 12 heavy (non-hydrogen) atoms. The van der Waals surface area contributed by atoms with E-state index < -0.39 is 0 Å². The highest BCUT2D eigenvalue weighted by Crippen LogP contribution is 2.28. The summed E-state index contributed by atoms with van der Waals surface area (Å²) >= 11 is 7.27. The fraction of sp³-hybridized carbons (Fsp3) is 0.125. The highest BCUT2D eigenvalue weighted by Gasteiger charge is 2.03. The van der Waals surface area contributed by atoms with E-state index in [0.29, 0.717) is 0 Å². The third-order valence-electron chi connectivity index (χ3n) is 1.51. The highest BCUT2D eigenvalue weighted by atomic mass is 32.2. The van der Waals surface area contributed by atoms with E-state index in [2.05, 4.69) is 12.6 Å². The van der Waals surface area contributed by atoms with Gasteiger partial charge in [-0.2, -0.15) is 0 Å². The molecule has 0 aromatic carbocycles. The number of hydrogen-bond donors (Lipinski definition) is 1. The average Bonchev–Trinajstić information content (AvgIpc) is 2.29. The molecular weight excluding hydrogens is 208 g/mol. The molecule has 0 N–H and O–H groups in total. The predicted molar refractivity (Wildman–Crippen MR) is 58.0 cm³/mol. The van der Waals surface area contributed by atoms with Crippen LogP contribution < -0.4 is 5.43 Å². The van der Waals surface area contributed by atoms with Crippen molar-refractivity contribution in [2.75, 3.05) is 0 Å². The molecule has 2 rings (SSSR count). The van der Waals surface area contributed by atoms with Gasteiger partial charge in [0.1, 0.15) is 0 Å². The number of fused-ring (bicyclic) bond motifs is 1. The summed E-state index contributed by atoms with van der Waals surface area (Å²) in [7, 11) is 0. The molecule has 0 aliphatic heterocycles. The Kier molecular flexibility index (Phi) is 1.98. The summed E-state index contributed by atoms with van der Waals surface area (Å²) in [5, 5.41) is 0. The molecule has 0 fully saturated rings. The van der Waals surface area contributed by atoms with Gasteiger partial charge in [-0.25, -0.2) is 0 Å². The smallest absolute Gasteiger partial charge is 0.199 e. The SMILES string of the molecule is Cc1cc2sc(S)cc(=O)c2s1. The van der Waals surface area contributed by atoms with Crippen molar-refractivity contribution in [2.45, 2.75) is 11.1 Å². The lowest BCUT2D eigenvalue weighted by Crippen LogP contribution is -1.93. The molecule has 0 spiro atoms. The van der Waals surface area contributed by atoms with E-state index in [4.69, 9.17) is 0 Å². The van der Waals surface area contributed by atoms with Gasteiger partial charge in [0.15, 0.2) is 5.43 Å². The van der Waals surface area contributed by atoms with Gasteiger partial charge in [-0.15, -0.1) is 35.3 Å². The molecule has 2 heterocycles. The van der Waals surface area contributed by atoms with Crippen LogP contribution in [0.1, 0.15) is 4.88 Å². The zero-order valence-electron chi connectivity index (χ0n) is 6.33. The van der Waals surface area contributed by atoms with E-state index in [0.717, 1.165) is 13.6 Å². The maximum Gasteiger partial charge on any atom is 0.199 e. The Morgan fingerprint density at radius 2 is 2.08 bits per heavy atom. The minimum Gasteiger partial charge on any atom is -0.288 e. The average molecular weight is 214 g/mol. The predicted octanol–water partition coefficient (Wildman–Crippen LogP) is 2.92. The zero-order chi connectivity index (χ0) is 8.72. The second-order valence-corrected chi connectivity index (χ2v) is 5.62. The molecule has 4 heteroatoms. The summed E-state index contributed by atoms with van der Waals surface area (Å²) in [5.74, 6) is 0. The number of aryl methyl sites for hydroxylation is 1. The lowest BCUT2D eigenvalue weighted by atomic mass is 10.4.